The SMILES string of the molecule is CONC1CCC(CC2CCCC2)C1. The lowest BCUT2D eigenvalue weighted by Crippen LogP contribution is -2.25. The van der Waals surface area contributed by atoms with Crippen molar-refractivity contribution in [2.45, 2.75) is 57.4 Å². The van der Waals surface area contributed by atoms with Crippen molar-refractivity contribution in [1.29, 1.82) is 0 Å². The van der Waals surface area contributed by atoms with E-state index in [1.165, 1.54) is 51.4 Å². The fourth-order valence-electron chi connectivity index (χ4n) is 3.28. The summed E-state index contributed by atoms with van der Waals surface area (Å²) in [5.74, 6) is 2.03. The highest BCUT2D eigenvalue weighted by molar-refractivity contribution is 4.81. The zero-order chi connectivity index (χ0) is 9.80. The summed E-state index contributed by atoms with van der Waals surface area (Å²) in [5, 5.41) is 0. The van der Waals surface area contributed by atoms with Crippen molar-refractivity contribution in [1.82, 2.24) is 5.48 Å². The van der Waals surface area contributed by atoms with Crippen LogP contribution in [0.25, 0.3) is 0 Å². The summed E-state index contributed by atoms with van der Waals surface area (Å²) in [7, 11) is 1.73. The Kier molecular flexibility index (Phi) is 3.82. The van der Waals surface area contributed by atoms with Crippen molar-refractivity contribution in [2.75, 3.05) is 7.11 Å². The molecule has 0 saturated heterocycles. The van der Waals surface area contributed by atoms with Gasteiger partial charge in [-0.15, -0.1) is 0 Å². The van der Waals surface area contributed by atoms with Crippen LogP contribution in [0.2, 0.25) is 0 Å². The topological polar surface area (TPSA) is 21.3 Å². The highest BCUT2D eigenvalue weighted by atomic mass is 16.6. The minimum atomic E-state index is 0.631. The van der Waals surface area contributed by atoms with Crippen molar-refractivity contribution >= 4 is 0 Å². The molecule has 2 rings (SSSR count). The van der Waals surface area contributed by atoms with E-state index in [9.17, 15) is 0 Å². The molecule has 0 aromatic rings. The first-order valence-corrected chi connectivity index (χ1v) is 6.17. The summed E-state index contributed by atoms with van der Waals surface area (Å²) in [6.07, 6.45) is 11.5. The van der Waals surface area contributed by atoms with Crippen LogP contribution in [0.3, 0.4) is 0 Å². The van der Waals surface area contributed by atoms with Gasteiger partial charge in [-0.3, -0.25) is 0 Å². The quantitative estimate of drug-likeness (QED) is 0.700. The van der Waals surface area contributed by atoms with E-state index in [1.54, 1.807) is 7.11 Å². The summed E-state index contributed by atoms with van der Waals surface area (Å²) in [6, 6.07) is 0.631. The zero-order valence-electron chi connectivity index (χ0n) is 9.30. The van der Waals surface area contributed by atoms with E-state index < -0.39 is 0 Å². The first kappa shape index (κ1) is 10.4. The Hall–Kier alpha value is -0.0800. The maximum absolute atomic E-state index is 4.99. The van der Waals surface area contributed by atoms with Crippen LogP contribution >= 0.6 is 0 Å². The molecule has 0 heterocycles. The molecule has 14 heavy (non-hydrogen) atoms. The van der Waals surface area contributed by atoms with Crippen LogP contribution in [0.1, 0.15) is 51.4 Å². The van der Waals surface area contributed by atoms with E-state index in [0.29, 0.717) is 6.04 Å². The van der Waals surface area contributed by atoms with Crippen LogP contribution in [0.5, 0.6) is 0 Å². The van der Waals surface area contributed by atoms with E-state index in [1.807, 2.05) is 0 Å². The number of hydroxylamine groups is 1. The third-order valence-electron chi connectivity index (χ3n) is 3.97. The highest BCUT2D eigenvalue weighted by Crippen LogP contribution is 2.36. The second kappa shape index (κ2) is 5.13. The van der Waals surface area contributed by atoms with Crippen LogP contribution in [0, 0.1) is 11.8 Å². The molecule has 2 saturated carbocycles. The summed E-state index contributed by atoms with van der Waals surface area (Å²) in [5.41, 5.74) is 3.10. The molecule has 0 spiro atoms. The first-order valence-electron chi connectivity index (χ1n) is 6.17. The molecule has 0 amide bonds. The van der Waals surface area contributed by atoms with Crippen LogP contribution in [-0.4, -0.2) is 13.2 Å². The van der Waals surface area contributed by atoms with Crippen LogP contribution in [-0.2, 0) is 4.84 Å². The predicted molar refractivity (Wildman–Crippen MR) is 57.8 cm³/mol. The van der Waals surface area contributed by atoms with Gasteiger partial charge in [-0.25, -0.2) is 0 Å². The average Bonchev–Trinajstić information content (AvgIpc) is 2.79. The fourth-order valence-corrected chi connectivity index (χ4v) is 3.28. The van der Waals surface area contributed by atoms with Gasteiger partial charge in [-0.1, -0.05) is 25.7 Å². The predicted octanol–water partition coefficient (Wildman–Crippen LogP) is 2.89. The van der Waals surface area contributed by atoms with Gasteiger partial charge >= 0.3 is 0 Å². The van der Waals surface area contributed by atoms with Gasteiger partial charge in [0, 0.05) is 6.04 Å². The van der Waals surface area contributed by atoms with Gasteiger partial charge in [0.25, 0.3) is 0 Å². The lowest BCUT2D eigenvalue weighted by Gasteiger charge is -2.15. The third-order valence-corrected chi connectivity index (χ3v) is 3.97. The molecule has 0 aromatic heterocycles. The maximum atomic E-state index is 4.99. The van der Waals surface area contributed by atoms with Crippen molar-refractivity contribution in [3.8, 4) is 0 Å². The van der Waals surface area contributed by atoms with Crippen LogP contribution < -0.4 is 5.48 Å². The molecule has 2 aliphatic rings. The molecule has 82 valence electrons. The van der Waals surface area contributed by atoms with Crippen molar-refractivity contribution in [2.24, 2.45) is 11.8 Å². The molecule has 2 heteroatoms. The molecule has 2 nitrogen and oxygen atoms in total. The van der Waals surface area contributed by atoms with E-state index in [0.717, 1.165) is 11.8 Å². The largest absolute Gasteiger partial charge is 0.305 e. The Balaban J connectivity index is 1.67. The van der Waals surface area contributed by atoms with E-state index >= 15 is 0 Å². The number of hydrogen-bond acceptors (Lipinski definition) is 2. The Bertz CT molecular complexity index is 166. The lowest BCUT2D eigenvalue weighted by molar-refractivity contribution is 0.0612. The summed E-state index contributed by atoms with van der Waals surface area (Å²) >= 11 is 0. The Morgan fingerprint density at radius 3 is 2.57 bits per heavy atom. The second-order valence-electron chi connectivity index (χ2n) is 5.08. The van der Waals surface area contributed by atoms with Gasteiger partial charge in [-0.2, -0.15) is 5.48 Å². The van der Waals surface area contributed by atoms with E-state index in [4.69, 9.17) is 4.84 Å². The monoisotopic (exact) mass is 197 g/mol. The molecule has 2 atom stereocenters. The Morgan fingerprint density at radius 2 is 1.86 bits per heavy atom. The van der Waals surface area contributed by atoms with Gasteiger partial charge in [-0.05, 0) is 37.5 Å². The average molecular weight is 197 g/mol. The smallest absolute Gasteiger partial charge is 0.0572 e. The lowest BCUT2D eigenvalue weighted by atomic mass is 9.92. The molecule has 2 aliphatic carbocycles. The molecule has 2 fully saturated rings. The molecule has 1 N–H and O–H groups in total. The molecular formula is C12H23NO. The molecule has 0 aliphatic heterocycles. The van der Waals surface area contributed by atoms with Crippen LogP contribution in [0.4, 0.5) is 0 Å². The van der Waals surface area contributed by atoms with E-state index in [-0.39, 0.29) is 0 Å². The minimum absolute atomic E-state index is 0.631. The van der Waals surface area contributed by atoms with Crippen molar-refractivity contribution in [3.63, 3.8) is 0 Å². The normalized spacial score (nSPS) is 34.1. The van der Waals surface area contributed by atoms with Gasteiger partial charge in [0.1, 0.15) is 0 Å². The number of hydrogen-bond donors (Lipinski definition) is 1. The van der Waals surface area contributed by atoms with Gasteiger partial charge in [0.15, 0.2) is 0 Å². The summed E-state index contributed by atoms with van der Waals surface area (Å²) in [4.78, 5) is 4.99. The van der Waals surface area contributed by atoms with Gasteiger partial charge in [0.2, 0.25) is 0 Å². The molecular weight excluding hydrogens is 174 g/mol. The zero-order valence-corrected chi connectivity index (χ0v) is 9.30. The Morgan fingerprint density at radius 1 is 1.07 bits per heavy atom. The molecule has 0 radical (unpaired) electrons. The van der Waals surface area contributed by atoms with Gasteiger partial charge < -0.3 is 4.84 Å². The minimum Gasteiger partial charge on any atom is -0.305 e. The number of rotatable bonds is 4. The molecule has 2 unspecified atom stereocenters. The number of nitrogens with one attached hydrogen (secondary N) is 1. The summed E-state index contributed by atoms with van der Waals surface area (Å²) < 4.78 is 0. The third kappa shape index (κ3) is 2.71. The second-order valence-corrected chi connectivity index (χ2v) is 5.08. The standard InChI is InChI=1S/C12H23NO/c1-14-13-12-7-6-11(9-12)8-10-4-2-3-5-10/h10-13H,2-9H2,1H3. The first-order chi connectivity index (χ1) is 6.88. The van der Waals surface area contributed by atoms with Gasteiger partial charge in [0.05, 0.1) is 7.11 Å². The Labute approximate surface area is 87.4 Å². The fraction of sp³-hybridized carbons (Fsp3) is 1.00. The summed E-state index contributed by atoms with van der Waals surface area (Å²) in [6.45, 7) is 0. The maximum Gasteiger partial charge on any atom is 0.0572 e. The van der Waals surface area contributed by atoms with Crippen LogP contribution in [0.15, 0.2) is 0 Å². The van der Waals surface area contributed by atoms with Crippen molar-refractivity contribution < 1.29 is 4.84 Å². The van der Waals surface area contributed by atoms with E-state index in [2.05, 4.69) is 5.48 Å². The highest BCUT2D eigenvalue weighted by Gasteiger charge is 2.27. The van der Waals surface area contributed by atoms with Crippen molar-refractivity contribution in [3.05, 3.63) is 0 Å². The molecule has 0 aromatic carbocycles. The molecule has 0 bridgehead atoms.